The average Bonchev–Trinajstić information content (AvgIpc) is 2.93. The minimum Gasteiger partial charge on any atom is -0.399 e. The molecule has 0 aliphatic carbocycles. The van der Waals surface area contributed by atoms with Gasteiger partial charge in [0.05, 0.1) is 5.92 Å². The lowest BCUT2D eigenvalue weighted by atomic mass is 9.94. The largest absolute Gasteiger partial charge is 0.399 e. The van der Waals surface area contributed by atoms with Crippen LogP contribution in [0.25, 0.3) is 0 Å². The molecule has 0 amide bonds. The number of nitrogens with one attached hydrogen (secondary N) is 1. The van der Waals surface area contributed by atoms with Crippen molar-refractivity contribution in [2.24, 2.45) is 11.0 Å². The Hall–Kier alpha value is -1.46. The molecule has 1 aromatic carbocycles. The van der Waals surface area contributed by atoms with Gasteiger partial charge in [0, 0.05) is 31.7 Å². The average molecular weight is 318 g/mol. The lowest BCUT2D eigenvalue weighted by Gasteiger charge is -2.21. The van der Waals surface area contributed by atoms with Gasteiger partial charge in [-0.15, -0.1) is 4.70 Å². The van der Waals surface area contributed by atoms with Crippen molar-refractivity contribution in [1.82, 2.24) is 10.2 Å². The van der Waals surface area contributed by atoms with E-state index in [9.17, 15) is 0 Å². The molecule has 1 aliphatic rings. The van der Waals surface area contributed by atoms with Crippen LogP contribution in [0.5, 0.6) is 0 Å². The van der Waals surface area contributed by atoms with Gasteiger partial charge in [-0.3, -0.25) is 0 Å². The standard InChI is InChI=1S/C18H32N5/c1-4-5-10-23-14-16(13-22(3)11-9-20-2)18(21-23)15-7-6-8-17(19)12-15/h6-8,12,16,18,20H,4-5,9-11,13-14,19H2,1-3H3/q+1. The van der Waals surface area contributed by atoms with Crippen molar-refractivity contribution in [2.75, 3.05) is 52.6 Å². The van der Waals surface area contributed by atoms with Crippen molar-refractivity contribution in [3.63, 3.8) is 0 Å². The van der Waals surface area contributed by atoms with E-state index in [4.69, 9.17) is 10.8 Å². The summed E-state index contributed by atoms with van der Waals surface area (Å²) in [5.41, 5.74) is 8.05. The second-order valence-electron chi connectivity index (χ2n) is 6.62. The fourth-order valence-corrected chi connectivity index (χ4v) is 3.21. The molecule has 0 radical (unpaired) electrons. The maximum absolute atomic E-state index is 5.98. The molecule has 0 aromatic heterocycles. The third-order valence-corrected chi connectivity index (χ3v) is 4.49. The lowest BCUT2D eigenvalue weighted by Crippen LogP contribution is -2.34. The molecule has 0 spiro atoms. The van der Waals surface area contributed by atoms with Gasteiger partial charge in [0.25, 0.3) is 0 Å². The first-order chi connectivity index (χ1) is 11.1. The van der Waals surface area contributed by atoms with Crippen molar-refractivity contribution in [2.45, 2.75) is 25.8 Å². The Morgan fingerprint density at radius 3 is 2.96 bits per heavy atom. The van der Waals surface area contributed by atoms with E-state index in [-0.39, 0.29) is 6.04 Å². The van der Waals surface area contributed by atoms with Crippen LogP contribution in [0.3, 0.4) is 0 Å². The van der Waals surface area contributed by atoms with E-state index in [1.165, 1.54) is 18.4 Å². The third kappa shape index (κ3) is 5.29. The molecule has 0 fully saturated rings. The van der Waals surface area contributed by atoms with Gasteiger partial charge < -0.3 is 16.0 Å². The van der Waals surface area contributed by atoms with Crippen LogP contribution in [-0.2, 0) is 0 Å². The van der Waals surface area contributed by atoms with Gasteiger partial charge in [0.1, 0.15) is 6.04 Å². The van der Waals surface area contributed by atoms with Crippen LogP contribution in [-0.4, -0.2) is 56.4 Å². The van der Waals surface area contributed by atoms with Gasteiger partial charge in [-0.2, -0.15) is 0 Å². The van der Waals surface area contributed by atoms with Crippen LogP contribution in [0.1, 0.15) is 31.4 Å². The highest BCUT2D eigenvalue weighted by Crippen LogP contribution is 2.33. The van der Waals surface area contributed by atoms with Crippen molar-refractivity contribution in [3.8, 4) is 0 Å². The van der Waals surface area contributed by atoms with E-state index < -0.39 is 0 Å². The van der Waals surface area contributed by atoms with E-state index in [0.29, 0.717) is 5.92 Å². The molecule has 1 heterocycles. The Balaban J connectivity index is 2.09. The first kappa shape index (κ1) is 17.9. The zero-order valence-corrected chi connectivity index (χ0v) is 14.8. The Morgan fingerprint density at radius 1 is 1.43 bits per heavy atom. The number of rotatable bonds is 9. The quantitative estimate of drug-likeness (QED) is 0.543. The second kappa shape index (κ2) is 8.99. The zero-order chi connectivity index (χ0) is 16.7. The molecule has 2 atom stereocenters. The molecular weight excluding hydrogens is 286 g/mol. The second-order valence-corrected chi connectivity index (χ2v) is 6.62. The summed E-state index contributed by atoms with van der Waals surface area (Å²) in [7, 11) is 4.20. The molecule has 5 heteroatoms. The number of azo groups is 2. The summed E-state index contributed by atoms with van der Waals surface area (Å²) >= 11 is 0. The summed E-state index contributed by atoms with van der Waals surface area (Å²) in [6.07, 6.45) is 2.41. The predicted molar refractivity (Wildman–Crippen MR) is 95.8 cm³/mol. The normalized spacial score (nSPS) is 21.0. The molecule has 1 aliphatic heterocycles. The Kier molecular flexibility index (Phi) is 6.99. The summed E-state index contributed by atoms with van der Waals surface area (Å²) in [5.74, 6) is 0.524. The van der Waals surface area contributed by atoms with E-state index >= 15 is 0 Å². The van der Waals surface area contributed by atoms with Gasteiger partial charge in [-0.1, -0.05) is 25.5 Å². The SMILES string of the molecule is CCCC[N+]1=NC(c2cccc(N)c2)C(CN(C)CCNC)C1. The molecule has 0 saturated heterocycles. The van der Waals surface area contributed by atoms with Crippen LogP contribution >= 0.6 is 0 Å². The van der Waals surface area contributed by atoms with Crippen LogP contribution < -0.4 is 11.1 Å². The number of nitrogens with zero attached hydrogens (tertiary/aromatic N) is 3. The van der Waals surface area contributed by atoms with E-state index in [1.54, 1.807) is 0 Å². The van der Waals surface area contributed by atoms with Crippen molar-refractivity contribution < 1.29 is 4.70 Å². The van der Waals surface area contributed by atoms with Crippen molar-refractivity contribution in [1.29, 1.82) is 0 Å². The van der Waals surface area contributed by atoms with Crippen LogP contribution in [0.15, 0.2) is 29.4 Å². The van der Waals surface area contributed by atoms with Crippen LogP contribution in [0.2, 0.25) is 0 Å². The number of hydrogen-bond donors (Lipinski definition) is 2. The van der Waals surface area contributed by atoms with E-state index in [1.807, 2.05) is 19.2 Å². The summed E-state index contributed by atoms with van der Waals surface area (Å²) in [6.45, 7) is 7.48. The molecular formula is C18H32N5+. The number of anilines is 1. The molecule has 2 unspecified atom stereocenters. The number of likely N-dealkylation sites (N-methyl/N-ethyl adjacent to an activating group) is 2. The molecule has 2 rings (SSSR count). The van der Waals surface area contributed by atoms with Gasteiger partial charge in [0.2, 0.25) is 0 Å². The number of hydrogen-bond acceptors (Lipinski definition) is 4. The van der Waals surface area contributed by atoms with Crippen LogP contribution in [0.4, 0.5) is 5.69 Å². The number of unbranched alkanes of at least 4 members (excludes halogenated alkanes) is 1. The van der Waals surface area contributed by atoms with E-state index in [0.717, 1.165) is 38.4 Å². The Labute approximate surface area is 140 Å². The molecule has 0 saturated carbocycles. The molecule has 0 bridgehead atoms. The summed E-state index contributed by atoms with van der Waals surface area (Å²) < 4.78 is 2.27. The highest BCUT2D eigenvalue weighted by Gasteiger charge is 2.37. The summed E-state index contributed by atoms with van der Waals surface area (Å²) in [6, 6.07) is 8.46. The van der Waals surface area contributed by atoms with Crippen LogP contribution in [0, 0.1) is 5.92 Å². The number of benzene rings is 1. The van der Waals surface area contributed by atoms with Crippen molar-refractivity contribution in [3.05, 3.63) is 29.8 Å². The molecule has 23 heavy (non-hydrogen) atoms. The predicted octanol–water partition coefficient (Wildman–Crippen LogP) is 2.36. The topological polar surface area (TPSA) is 56.7 Å². The van der Waals surface area contributed by atoms with Crippen molar-refractivity contribution >= 4 is 5.69 Å². The minimum absolute atomic E-state index is 0.229. The smallest absolute Gasteiger partial charge is 0.174 e. The fraction of sp³-hybridized carbons (Fsp3) is 0.667. The van der Waals surface area contributed by atoms with E-state index in [2.05, 4.69) is 41.0 Å². The number of nitrogen functional groups attached to an aromatic ring is 1. The third-order valence-electron chi connectivity index (χ3n) is 4.49. The Bertz CT molecular complexity index is 514. The maximum Gasteiger partial charge on any atom is 0.174 e. The van der Waals surface area contributed by atoms with Gasteiger partial charge in [0.15, 0.2) is 13.1 Å². The molecule has 5 nitrogen and oxygen atoms in total. The Morgan fingerprint density at radius 2 is 2.26 bits per heavy atom. The highest BCUT2D eigenvalue weighted by molar-refractivity contribution is 5.42. The van der Waals surface area contributed by atoms with Gasteiger partial charge in [-0.25, -0.2) is 0 Å². The first-order valence-electron chi connectivity index (χ1n) is 8.78. The summed E-state index contributed by atoms with van der Waals surface area (Å²) in [4.78, 5) is 2.40. The first-order valence-corrected chi connectivity index (χ1v) is 8.78. The minimum atomic E-state index is 0.229. The summed E-state index contributed by atoms with van der Waals surface area (Å²) in [5, 5.41) is 8.21. The fourth-order valence-electron chi connectivity index (χ4n) is 3.21. The lowest BCUT2D eigenvalue weighted by molar-refractivity contribution is -0.585. The van der Waals surface area contributed by atoms with Gasteiger partial charge in [-0.05, 0) is 36.9 Å². The zero-order valence-electron chi connectivity index (χ0n) is 14.8. The monoisotopic (exact) mass is 318 g/mol. The molecule has 3 N–H and O–H groups in total. The molecule has 1 aromatic rings. The molecule has 128 valence electrons. The number of nitrogens with two attached hydrogens (primary N) is 1. The maximum atomic E-state index is 5.98. The highest BCUT2D eigenvalue weighted by atomic mass is 15.3. The van der Waals surface area contributed by atoms with Gasteiger partial charge >= 0.3 is 0 Å².